The first-order valence-corrected chi connectivity index (χ1v) is 5.92. The predicted molar refractivity (Wildman–Crippen MR) is 68.1 cm³/mol. The van der Waals surface area contributed by atoms with E-state index in [-0.39, 0.29) is 0 Å². The Balaban J connectivity index is 2.58. The zero-order valence-electron chi connectivity index (χ0n) is 10.8. The number of aliphatic hydroxyl groups is 3. The van der Waals surface area contributed by atoms with E-state index in [0.29, 0.717) is 0 Å². The number of hydrogen-bond donors (Lipinski definition) is 4. The molecule has 0 aliphatic carbocycles. The summed E-state index contributed by atoms with van der Waals surface area (Å²) in [6.07, 6.45) is -0.644. The van der Waals surface area contributed by atoms with Crippen LogP contribution in [0.15, 0.2) is 34.5 Å². The lowest BCUT2D eigenvalue weighted by Crippen LogP contribution is -2.51. The first-order chi connectivity index (χ1) is 9.28. The highest BCUT2D eigenvalue weighted by Crippen LogP contribution is 2.44. The molecule has 1 aromatic rings. The van der Waals surface area contributed by atoms with Crippen LogP contribution in [-0.4, -0.2) is 48.8 Å². The number of nitrogens with zero attached hydrogens (tertiary/aromatic N) is 1. The van der Waals surface area contributed by atoms with Crippen LogP contribution in [-0.2, 0) is 4.74 Å². The van der Waals surface area contributed by atoms with Crippen molar-refractivity contribution in [1.29, 1.82) is 0 Å². The number of aromatic amines is 1. The second kappa shape index (κ2) is 4.67. The molecule has 8 nitrogen and oxygen atoms in total. The summed E-state index contributed by atoms with van der Waals surface area (Å²) in [7, 11) is 0. The molecule has 1 aliphatic rings. The summed E-state index contributed by atoms with van der Waals surface area (Å²) in [5.74, 6) is 0. The van der Waals surface area contributed by atoms with Crippen LogP contribution in [0, 0.1) is 0 Å². The van der Waals surface area contributed by atoms with Gasteiger partial charge in [0, 0.05) is 12.3 Å². The van der Waals surface area contributed by atoms with Gasteiger partial charge in [-0.1, -0.05) is 12.7 Å². The Morgan fingerprint density at radius 3 is 2.75 bits per heavy atom. The van der Waals surface area contributed by atoms with Crippen molar-refractivity contribution in [2.24, 2.45) is 0 Å². The minimum Gasteiger partial charge on any atom is -0.393 e. The van der Waals surface area contributed by atoms with Gasteiger partial charge in [-0.2, -0.15) is 0 Å². The SMILES string of the molecule is C=C[C@]1(O)[C@H](n2ccc(=O)[nH]c2=O)O[C@](C)(CO)[C@H]1O. The van der Waals surface area contributed by atoms with Crippen LogP contribution in [0.25, 0.3) is 0 Å². The molecule has 4 N–H and O–H groups in total. The summed E-state index contributed by atoms with van der Waals surface area (Å²) in [4.78, 5) is 24.8. The molecule has 2 heterocycles. The maximum atomic E-state index is 11.8. The first kappa shape index (κ1) is 14.7. The summed E-state index contributed by atoms with van der Waals surface area (Å²) in [6, 6.07) is 1.08. The molecule has 0 radical (unpaired) electrons. The predicted octanol–water partition coefficient (Wildman–Crippen LogP) is -1.91. The minimum atomic E-state index is -1.99. The lowest BCUT2D eigenvalue weighted by Gasteiger charge is -2.29. The molecule has 1 saturated heterocycles. The highest BCUT2D eigenvalue weighted by molar-refractivity contribution is 5.16. The van der Waals surface area contributed by atoms with Gasteiger partial charge in [0.1, 0.15) is 11.7 Å². The smallest absolute Gasteiger partial charge is 0.330 e. The zero-order chi connectivity index (χ0) is 15.1. The van der Waals surface area contributed by atoms with Crippen molar-refractivity contribution in [1.82, 2.24) is 9.55 Å². The van der Waals surface area contributed by atoms with Crippen molar-refractivity contribution in [2.45, 2.75) is 30.5 Å². The van der Waals surface area contributed by atoms with Gasteiger partial charge < -0.3 is 20.1 Å². The van der Waals surface area contributed by atoms with Crippen molar-refractivity contribution in [3.8, 4) is 0 Å². The van der Waals surface area contributed by atoms with Gasteiger partial charge in [-0.05, 0) is 6.92 Å². The first-order valence-electron chi connectivity index (χ1n) is 5.92. The highest BCUT2D eigenvalue weighted by atomic mass is 16.6. The maximum Gasteiger partial charge on any atom is 0.330 e. The Morgan fingerprint density at radius 1 is 1.60 bits per heavy atom. The van der Waals surface area contributed by atoms with Gasteiger partial charge in [0.2, 0.25) is 0 Å². The van der Waals surface area contributed by atoms with E-state index in [1.54, 1.807) is 0 Å². The second-order valence-electron chi connectivity index (χ2n) is 4.95. The molecule has 20 heavy (non-hydrogen) atoms. The van der Waals surface area contributed by atoms with Crippen LogP contribution in [0.4, 0.5) is 0 Å². The topological polar surface area (TPSA) is 125 Å². The molecule has 0 aromatic carbocycles. The fraction of sp³-hybridized carbons (Fsp3) is 0.500. The molecule has 4 atom stereocenters. The van der Waals surface area contributed by atoms with Gasteiger partial charge in [-0.15, -0.1) is 0 Å². The molecular formula is C12H16N2O6. The Morgan fingerprint density at radius 2 is 2.25 bits per heavy atom. The van der Waals surface area contributed by atoms with E-state index in [0.717, 1.165) is 22.9 Å². The number of H-pyrrole nitrogens is 1. The Bertz CT molecular complexity index is 637. The number of ether oxygens (including phenoxy) is 1. The average Bonchev–Trinajstić information content (AvgIpc) is 2.62. The van der Waals surface area contributed by atoms with Gasteiger partial charge in [-0.25, -0.2) is 4.79 Å². The van der Waals surface area contributed by atoms with E-state index in [1.807, 2.05) is 4.98 Å². The fourth-order valence-corrected chi connectivity index (χ4v) is 2.27. The second-order valence-corrected chi connectivity index (χ2v) is 4.95. The number of hydrogen-bond acceptors (Lipinski definition) is 6. The third-order valence-corrected chi connectivity index (χ3v) is 3.54. The maximum absolute atomic E-state index is 11.8. The quantitative estimate of drug-likeness (QED) is 0.480. The van der Waals surface area contributed by atoms with Crippen LogP contribution < -0.4 is 11.2 Å². The van der Waals surface area contributed by atoms with E-state index in [9.17, 15) is 24.9 Å². The molecule has 0 unspecified atom stereocenters. The van der Waals surface area contributed by atoms with Crippen molar-refractivity contribution in [3.05, 3.63) is 45.8 Å². The standard InChI is InChI=1S/C12H16N2O6/c1-3-12(19)8(17)11(2,6-15)20-9(12)14-5-4-7(16)13-10(14)18/h3-5,8-9,15,17,19H,1,6H2,2H3,(H,13,16,18)/t8-,9-,11-,12-/m1/s1. The molecule has 1 aromatic heterocycles. The summed E-state index contributed by atoms with van der Waals surface area (Å²) in [5, 5.41) is 30.0. The Kier molecular flexibility index (Phi) is 3.42. The van der Waals surface area contributed by atoms with E-state index in [1.165, 1.54) is 6.92 Å². The molecule has 8 heteroatoms. The summed E-state index contributed by atoms with van der Waals surface area (Å²) in [6.45, 7) is 4.25. The number of nitrogens with one attached hydrogen (secondary N) is 1. The zero-order valence-corrected chi connectivity index (χ0v) is 10.8. The third kappa shape index (κ3) is 1.93. The number of aromatic nitrogens is 2. The summed E-state index contributed by atoms with van der Waals surface area (Å²) < 4.78 is 6.37. The molecule has 2 rings (SSSR count). The minimum absolute atomic E-state index is 0.571. The van der Waals surface area contributed by atoms with Crippen molar-refractivity contribution in [3.63, 3.8) is 0 Å². The fourth-order valence-electron chi connectivity index (χ4n) is 2.27. The molecule has 0 amide bonds. The van der Waals surface area contributed by atoms with E-state index >= 15 is 0 Å². The highest BCUT2D eigenvalue weighted by Gasteiger charge is 2.60. The monoisotopic (exact) mass is 284 g/mol. The lowest BCUT2D eigenvalue weighted by atomic mass is 9.87. The van der Waals surface area contributed by atoms with Gasteiger partial charge in [-0.3, -0.25) is 14.3 Å². The average molecular weight is 284 g/mol. The molecular weight excluding hydrogens is 268 g/mol. The summed E-state index contributed by atoms with van der Waals surface area (Å²) in [5.41, 5.74) is -4.86. The van der Waals surface area contributed by atoms with Gasteiger partial charge in [0.25, 0.3) is 5.56 Å². The van der Waals surface area contributed by atoms with Gasteiger partial charge in [0.05, 0.1) is 6.61 Å². The van der Waals surface area contributed by atoms with Crippen LogP contribution >= 0.6 is 0 Å². The van der Waals surface area contributed by atoms with Crippen LogP contribution in [0.5, 0.6) is 0 Å². The van der Waals surface area contributed by atoms with Gasteiger partial charge >= 0.3 is 5.69 Å². The van der Waals surface area contributed by atoms with Crippen LogP contribution in [0.1, 0.15) is 13.2 Å². The van der Waals surface area contributed by atoms with E-state index in [2.05, 4.69) is 6.58 Å². The van der Waals surface area contributed by atoms with Crippen molar-refractivity contribution in [2.75, 3.05) is 6.61 Å². The molecule has 0 spiro atoms. The largest absolute Gasteiger partial charge is 0.393 e. The van der Waals surface area contributed by atoms with Gasteiger partial charge in [0.15, 0.2) is 11.8 Å². The molecule has 1 fully saturated rings. The summed E-state index contributed by atoms with van der Waals surface area (Å²) >= 11 is 0. The van der Waals surface area contributed by atoms with E-state index < -0.39 is 41.4 Å². The Labute approximate surface area is 113 Å². The number of rotatable bonds is 3. The molecule has 110 valence electrons. The molecule has 0 bridgehead atoms. The molecule has 0 saturated carbocycles. The number of aliphatic hydroxyl groups excluding tert-OH is 2. The van der Waals surface area contributed by atoms with E-state index in [4.69, 9.17) is 4.74 Å². The van der Waals surface area contributed by atoms with Crippen molar-refractivity contribution >= 4 is 0 Å². The lowest BCUT2D eigenvalue weighted by molar-refractivity contribution is -0.120. The Hall–Kier alpha value is -1.74. The van der Waals surface area contributed by atoms with Crippen LogP contribution in [0.3, 0.4) is 0 Å². The normalized spacial score (nSPS) is 37.0. The molecule has 1 aliphatic heterocycles. The van der Waals surface area contributed by atoms with Crippen molar-refractivity contribution < 1.29 is 20.1 Å². The van der Waals surface area contributed by atoms with Crippen LogP contribution in [0.2, 0.25) is 0 Å². The third-order valence-electron chi connectivity index (χ3n) is 3.54.